The Bertz CT molecular complexity index is 849. The van der Waals surface area contributed by atoms with E-state index in [4.69, 9.17) is 4.74 Å². The molecule has 0 saturated carbocycles. The van der Waals surface area contributed by atoms with E-state index in [9.17, 15) is 25.7 Å². The molecule has 1 fully saturated rings. The predicted molar refractivity (Wildman–Crippen MR) is 105 cm³/mol. The van der Waals surface area contributed by atoms with Gasteiger partial charge in [0.25, 0.3) is 0 Å². The van der Waals surface area contributed by atoms with Gasteiger partial charge < -0.3 is 25.2 Å². The highest BCUT2D eigenvalue weighted by Crippen LogP contribution is 2.33. The van der Waals surface area contributed by atoms with Gasteiger partial charge in [0.1, 0.15) is 30.5 Å². The highest BCUT2D eigenvalue weighted by Gasteiger charge is 2.44. The molecule has 6 nitrogen and oxygen atoms in total. The Morgan fingerprint density at radius 2 is 1.75 bits per heavy atom. The summed E-state index contributed by atoms with van der Waals surface area (Å²) in [5, 5.41) is 49.2. The molecular formula is C21H23NO5S. The summed E-state index contributed by atoms with van der Waals surface area (Å²) in [4.78, 5) is 1.15. The number of aliphatic hydroxyl groups is 4. The number of hydrogen-bond acceptors (Lipinski definition) is 7. The number of thioether (sulfide) groups is 1. The third-order valence-electron chi connectivity index (χ3n) is 5.02. The quantitative estimate of drug-likeness (QED) is 0.560. The molecular weight excluding hydrogens is 378 g/mol. The molecule has 4 N–H and O–H groups in total. The first-order valence-electron chi connectivity index (χ1n) is 8.94. The third kappa shape index (κ3) is 4.23. The van der Waals surface area contributed by atoms with Crippen LogP contribution < -0.4 is 0 Å². The summed E-state index contributed by atoms with van der Waals surface area (Å²) in [7, 11) is 0. The van der Waals surface area contributed by atoms with E-state index in [1.54, 1.807) is 30.0 Å². The maximum absolute atomic E-state index is 10.4. The van der Waals surface area contributed by atoms with Gasteiger partial charge in [-0.3, -0.25) is 0 Å². The fourth-order valence-electron chi connectivity index (χ4n) is 3.39. The second kappa shape index (κ2) is 9.05. The molecule has 2 aromatic rings. The Morgan fingerprint density at radius 3 is 2.36 bits per heavy atom. The lowest BCUT2D eigenvalue weighted by Crippen LogP contribution is -2.55. The summed E-state index contributed by atoms with van der Waals surface area (Å²) < 4.78 is 5.63. The minimum atomic E-state index is -1.44. The second-order valence-corrected chi connectivity index (χ2v) is 7.68. The van der Waals surface area contributed by atoms with Crippen molar-refractivity contribution in [2.75, 3.05) is 12.9 Å². The van der Waals surface area contributed by atoms with Crippen LogP contribution in [0.4, 0.5) is 0 Å². The zero-order valence-electron chi connectivity index (χ0n) is 15.4. The molecule has 5 atom stereocenters. The van der Waals surface area contributed by atoms with Gasteiger partial charge in [0.15, 0.2) is 0 Å². The molecule has 1 aliphatic heterocycles. The SMILES string of the molecule is CSc1ccc(Cc2cc([C@@H]3OC(CO)[C@@H](O)[C@H](O)[C@H]3O)ccc2C#N)cc1. The molecule has 3 rings (SSSR count). The summed E-state index contributed by atoms with van der Waals surface area (Å²) in [5.74, 6) is 0. The minimum Gasteiger partial charge on any atom is -0.394 e. The molecule has 0 aliphatic carbocycles. The molecule has 0 radical (unpaired) electrons. The minimum absolute atomic E-state index is 0.480. The van der Waals surface area contributed by atoms with E-state index >= 15 is 0 Å². The first-order chi connectivity index (χ1) is 13.5. The van der Waals surface area contributed by atoms with Gasteiger partial charge in [0.2, 0.25) is 0 Å². The highest BCUT2D eigenvalue weighted by molar-refractivity contribution is 7.98. The van der Waals surface area contributed by atoms with Crippen molar-refractivity contribution in [2.45, 2.75) is 41.8 Å². The van der Waals surface area contributed by atoms with Crippen LogP contribution in [-0.4, -0.2) is 57.7 Å². The van der Waals surface area contributed by atoms with Crippen LogP contribution in [0.25, 0.3) is 0 Å². The van der Waals surface area contributed by atoms with E-state index in [0.29, 0.717) is 17.5 Å². The molecule has 28 heavy (non-hydrogen) atoms. The van der Waals surface area contributed by atoms with E-state index in [2.05, 4.69) is 6.07 Å². The summed E-state index contributed by atoms with van der Waals surface area (Å²) in [5.41, 5.74) is 2.91. The van der Waals surface area contributed by atoms with Gasteiger partial charge in [-0.05, 0) is 47.6 Å². The molecule has 1 heterocycles. The fourth-order valence-corrected chi connectivity index (χ4v) is 3.79. The number of nitrogens with zero attached hydrogens (tertiary/aromatic N) is 1. The predicted octanol–water partition coefficient (Wildman–Crippen LogP) is 1.39. The molecule has 0 amide bonds. The van der Waals surface area contributed by atoms with E-state index in [-0.39, 0.29) is 0 Å². The van der Waals surface area contributed by atoms with Crippen molar-refractivity contribution in [2.24, 2.45) is 0 Å². The first-order valence-corrected chi connectivity index (χ1v) is 10.2. The van der Waals surface area contributed by atoms with Crippen LogP contribution in [0.2, 0.25) is 0 Å². The van der Waals surface area contributed by atoms with Crippen LogP contribution in [-0.2, 0) is 11.2 Å². The van der Waals surface area contributed by atoms with Gasteiger partial charge in [-0.25, -0.2) is 0 Å². The van der Waals surface area contributed by atoms with Crippen molar-refractivity contribution in [3.8, 4) is 6.07 Å². The topological polar surface area (TPSA) is 114 Å². The number of ether oxygens (including phenoxy) is 1. The van der Waals surface area contributed by atoms with Gasteiger partial charge in [0.05, 0.1) is 18.2 Å². The van der Waals surface area contributed by atoms with Crippen molar-refractivity contribution < 1.29 is 25.2 Å². The standard InChI is InChI=1S/C21H23NO5S/c1-28-16-6-2-12(3-7-16)8-15-9-13(4-5-14(15)10-22)21-20(26)19(25)18(24)17(11-23)27-21/h2-7,9,17-21,23-26H,8,11H2,1H3/t17?,18-,19+,20-,21+/m1/s1. The van der Waals surface area contributed by atoms with Crippen molar-refractivity contribution >= 4 is 11.8 Å². The Hall–Kier alpha value is -1.92. The van der Waals surface area contributed by atoms with Gasteiger partial charge in [-0.1, -0.05) is 24.3 Å². The van der Waals surface area contributed by atoms with Gasteiger partial charge in [-0.15, -0.1) is 11.8 Å². The van der Waals surface area contributed by atoms with E-state index in [1.165, 1.54) is 0 Å². The van der Waals surface area contributed by atoms with Crippen molar-refractivity contribution in [3.05, 3.63) is 64.7 Å². The Labute approximate surface area is 168 Å². The molecule has 7 heteroatoms. The maximum Gasteiger partial charge on any atom is 0.113 e. The van der Waals surface area contributed by atoms with Gasteiger partial charge in [-0.2, -0.15) is 5.26 Å². The van der Waals surface area contributed by atoms with E-state index in [0.717, 1.165) is 16.0 Å². The average molecular weight is 401 g/mol. The molecule has 1 saturated heterocycles. The van der Waals surface area contributed by atoms with E-state index < -0.39 is 37.1 Å². The van der Waals surface area contributed by atoms with Gasteiger partial charge in [0, 0.05) is 4.90 Å². The lowest BCUT2D eigenvalue weighted by atomic mass is 9.89. The lowest BCUT2D eigenvalue weighted by Gasteiger charge is -2.40. The fraction of sp³-hybridized carbons (Fsp3) is 0.381. The Kier molecular flexibility index (Phi) is 6.73. The Balaban J connectivity index is 1.90. The third-order valence-corrected chi connectivity index (χ3v) is 5.77. The lowest BCUT2D eigenvalue weighted by molar-refractivity contribution is -0.231. The number of hydrogen-bond donors (Lipinski definition) is 4. The van der Waals surface area contributed by atoms with E-state index in [1.807, 2.05) is 30.5 Å². The largest absolute Gasteiger partial charge is 0.394 e. The molecule has 1 aliphatic rings. The number of aliphatic hydroxyl groups excluding tert-OH is 4. The molecule has 1 unspecified atom stereocenters. The molecule has 2 aromatic carbocycles. The summed E-state index contributed by atoms with van der Waals surface area (Å²) in [6.45, 7) is -0.480. The van der Waals surface area contributed by atoms with Crippen LogP contribution in [0.5, 0.6) is 0 Å². The number of nitriles is 1. The van der Waals surface area contributed by atoms with Crippen molar-refractivity contribution in [1.82, 2.24) is 0 Å². The normalized spacial score (nSPS) is 27.4. The first kappa shape index (κ1) is 20.8. The Morgan fingerprint density at radius 1 is 1.04 bits per heavy atom. The average Bonchev–Trinajstić information content (AvgIpc) is 2.73. The zero-order chi connectivity index (χ0) is 20.3. The zero-order valence-corrected chi connectivity index (χ0v) is 16.2. The maximum atomic E-state index is 10.4. The van der Waals surface area contributed by atoms with Gasteiger partial charge >= 0.3 is 0 Å². The number of benzene rings is 2. The van der Waals surface area contributed by atoms with Crippen molar-refractivity contribution in [1.29, 1.82) is 5.26 Å². The summed E-state index contributed by atoms with van der Waals surface area (Å²) in [6, 6.07) is 15.3. The van der Waals surface area contributed by atoms with Crippen LogP contribution in [0.3, 0.4) is 0 Å². The monoisotopic (exact) mass is 401 g/mol. The highest BCUT2D eigenvalue weighted by atomic mass is 32.2. The van der Waals surface area contributed by atoms with Crippen LogP contribution in [0.15, 0.2) is 47.4 Å². The summed E-state index contributed by atoms with van der Waals surface area (Å²) in [6.07, 6.45) is -3.53. The van der Waals surface area contributed by atoms with Crippen molar-refractivity contribution in [3.63, 3.8) is 0 Å². The molecule has 148 valence electrons. The smallest absolute Gasteiger partial charge is 0.113 e. The number of rotatable bonds is 5. The molecule has 0 spiro atoms. The van der Waals surface area contributed by atoms with Crippen LogP contribution in [0, 0.1) is 11.3 Å². The van der Waals surface area contributed by atoms with Crippen LogP contribution >= 0.6 is 11.8 Å². The second-order valence-electron chi connectivity index (χ2n) is 6.80. The summed E-state index contributed by atoms with van der Waals surface area (Å²) >= 11 is 1.65. The van der Waals surface area contributed by atoms with Crippen LogP contribution in [0.1, 0.15) is 28.4 Å². The molecule has 0 aromatic heterocycles. The molecule has 0 bridgehead atoms.